The van der Waals surface area contributed by atoms with Crippen LogP contribution in [-0.4, -0.2) is 43.8 Å². The summed E-state index contributed by atoms with van der Waals surface area (Å²) < 4.78 is 66.2. The van der Waals surface area contributed by atoms with Crippen LogP contribution in [0.4, 0.5) is 24.5 Å². The van der Waals surface area contributed by atoms with Crippen molar-refractivity contribution in [2.24, 2.45) is 0 Å². The SMILES string of the molecule is N#Cc1ccc(N2CCN(S(=O)(=O)c3cccc([N+](=O)[O-])c3)CC2)cc1C(F)(F)F. The Hall–Kier alpha value is -3.17. The number of piperazine rings is 1. The van der Waals surface area contributed by atoms with E-state index in [1.165, 1.54) is 30.3 Å². The lowest BCUT2D eigenvalue weighted by atomic mass is 10.1. The smallest absolute Gasteiger partial charge is 0.369 e. The molecule has 3 rings (SSSR count). The van der Waals surface area contributed by atoms with Crippen LogP contribution in [0.2, 0.25) is 0 Å². The first-order valence-corrected chi connectivity index (χ1v) is 10.1. The second kappa shape index (κ2) is 7.92. The van der Waals surface area contributed by atoms with Crippen LogP contribution >= 0.6 is 0 Å². The van der Waals surface area contributed by atoms with Gasteiger partial charge in [0, 0.05) is 44.0 Å². The summed E-state index contributed by atoms with van der Waals surface area (Å²) in [6, 6.07) is 9.55. The lowest BCUT2D eigenvalue weighted by Gasteiger charge is -2.35. The second-order valence-corrected chi connectivity index (χ2v) is 8.42. The summed E-state index contributed by atoms with van der Waals surface area (Å²) in [5.41, 5.74) is -1.66. The Morgan fingerprint density at radius 2 is 1.73 bits per heavy atom. The highest BCUT2D eigenvalue weighted by molar-refractivity contribution is 7.89. The minimum atomic E-state index is -4.69. The molecule has 158 valence electrons. The Labute approximate surface area is 169 Å². The fourth-order valence-corrected chi connectivity index (χ4v) is 4.62. The van der Waals surface area contributed by atoms with Crippen LogP contribution in [0.25, 0.3) is 0 Å². The highest BCUT2D eigenvalue weighted by atomic mass is 32.2. The van der Waals surface area contributed by atoms with Gasteiger partial charge in [0.15, 0.2) is 0 Å². The molecule has 0 N–H and O–H groups in total. The molecule has 0 bridgehead atoms. The van der Waals surface area contributed by atoms with Crippen molar-refractivity contribution in [3.8, 4) is 6.07 Å². The Kier molecular flexibility index (Phi) is 5.69. The molecular formula is C18H15F3N4O4S. The summed E-state index contributed by atoms with van der Waals surface area (Å²) in [6.45, 7) is 0.230. The zero-order chi connectivity index (χ0) is 22.1. The Morgan fingerprint density at radius 3 is 2.30 bits per heavy atom. The largest absolute Gasteiger partial charge is 0.417 e. The minimum absolute atomic E-state index is 0.00756. The average Bonchev–Trinajstić information content (AvgIpc) is 2.72. The third-order valence-corrected chi connectivity index (χ3v) is 6.59. The molecule has 8 nitrogen and oxygen atoms in total. The van der Waals surface area contributed by atoms with E-state index in [1.54, 1.807) is 4.90 Å². The van der Waals surface area contributed by atoms with E-state index < -0.39 is 32.2 Å². The van der Waals surface area contributed by atoms with Crippen LogP contribution in [-0.2, 0) is 16.2 Å². The number of hydrogen-bond acceptors (Lipinski definition) is 6. The van der Waals surface area contributed by atoms with Crippen LogP contribution in [0.5, 0.6) is 0 Å². The van der Waals surface area contributed by atoms with Gasteiger partial charge in [-0.1, -0.05) is 6.07 Å². The first-order valence-electron chi connectivity index (χ1n) is 8.65. The predicted molar refractivity (Wildman–Crippen MR) is 100 cm³/mol. The molecule has 0 unspecified atom stereocenters. The van der Waals surface area contributed by atoms with Crippen molar-refractivity contribution >= 4 is 21.4 Å². The number of nitro benzene ring substituents is 1. The zero-order valence-corrected chi connectivity index (χ0v) is 16.2. The lowest BCUT2D eigenvalue weighted by Crippen LogP contribution is -2.48. The van der Waals surface area contributed by atoms with Gasteiger partial charge < -0.3 is 4.90 Å². The molecule has 1 fully saturated rings. The number of nitrogens with zero attached hydrogens (tertiary/aromatic N) is 4. The van der Waals surface area contributed by atoms with Gasteiger partial charge in [0.2, 0.25) is 10.0 Å². The van der Waals surface area contributed by atoms with Crippen LogP contribution in [0.1, 0.15) is 11.1 Å². The summed E-state index contributed by atoms with van der Waals surface area (Å²) in [5.74, 6) is 0. The number of rotatable bonds is 4. The third-order valence-electron chi connectivity index (χ3n) is 4.70. The van der Waals surface area contributed by atoms with Crippen LogP contribution in [0.3, 0.4) is 0 Å². The standard InChI is InChI=1S/C18H15F3N4O4S/c19-18(20,21)17-11-14(5-4-13(17)12-22)23-6-8-24(9-7-23)30(28,29)16-3-1-2-15(10-16)25(26)27/h1-5,10-11H,6-9H2. The quantitative estimate of drug-likeness (QED) is 0.534. The highest BCUT2D eigenvalue weighted by Crippen LogP contribution is 2.35. The summed E-state index contributed by atoms with van der Waals surface area (Å²) in [6.07, 6.45) is -4.69. The number of nitro groups is 1. The summed E-state index contributed by atoms with van der Waals surface area (Å²) in [5, 5.41) is 19.8. The van der Waals surface area contributed by atoms with Crippen molar-refractivity contribution in [2.75, 3.05) is 31.1 Å². The molecule has 2 aromatic rings. The maximum Gasteiger partial charge on any atom is 0.417 e. The van der Waals surface area contributed by atoms with E-state index in [9.17, 15) is 31.7 Å². The molecular weight excluding hydrogens is 425 g/mol. The fraction of sp³-hybridized carbons (Fsp3) is 0.278. The van der Waals surface area contributed by atoms with Crippen LogP contribution in [0.15, 0.2) is 47.4 Å². The molecule has 0 amide bonds. The lowest BCUT2D eigenvalue weighted by molar-refractivity contribution is -0.385. The molecule has 0 radical (unpaired) electrons. The van der Waals surface area contributed by atoms with Crippen molar-refractivity contribution < 1.29 is 26.5 Å². The van der Waals surface area contributed by atoms with Crippen molar-refractivity contribution in [1.29, 1.82) is 5.26 Å². The second-order valence-electron chi connectivity index (χ2n) is 6.49. The van der Waals surface area contributed by atoms with Gasteiger partial charge in [-0.2, -0.15) is 22.7 Å². The number of nitriles is 1. The molecule has 0 aliphatic carbocycles. The van der Waals surface area contributed by atoms with Crippen molar-refractivity contribution in [2.45, 2.75) is 11.1 Å². The zero-order valence-electron chi connectivity index (χ0n) is 15.3. The maximum atomic E-state index is 13.2. The molecule has 0 saturated carbocycles. The normalized spacial score (nSPS) is 15.6. The molecule has 0 spiro atoms. The van der Waals surface area contributed by atoms with E-state index in [0.29, 0.717) is 0 Å². The van der Waals surface area contributed by atoms with E-state index in [0.717, 1.165) is 22.5 Å². The van der Waals surface area contributed by atoms with Gasteiger partial charge >= 0.3 is 6.18 Å². The molecule has 1 aliphatic rings. The van der Waals surface area contributed by atoms with Crippen LogP contribution < -0.4 is 4.90 Å². The number of halogens is 3. The molecule has 0 aromatic heterocycles. The first-order chi connectivity index (χ1) is 14.0. The predicted octanol–water partition coefficient (Wildman–Crippen LogP) is 3.00. The van der Waals surface area contributed by atoms with Crippen LogP contribution in [0, 0.1) is 21.4 Å². The number of hydrogen-bond donors (Lipinski definition) is 0. The van der Waals surface area contributed by atoms with E-state index in [2.05, 4.69) is 0 Å². The van der Waals surface area contributed by atoms with E-state index in [1.807, 2.05) is 0 Å². The number of anilines is 1. The van der Waals surface area contributed by atoms with E-state index in [4.69, 9.17) is 5.26 Å². The third kappa shape index (κ3) is 4.22. The number of alkyl halides is 3. The Balaban J connectivity index is 1.79. The molecule has 12 heteroatoms. The summed E-state index contributed by atoms with van der Waals surface area (Å²) in [4.78, 5) is 11.6. The molecule has 1 aliphatic heterocycles. The number of sulfonamides is 1. The number of non-ortho nitro benzene ring substituents is 1. The van der Waals surface area contributed by atoms with Gasteiger partial charge in [-0.25, -0.2) is 8.42 Å². The molecule has 2 aromatic carbocycles. The Bertz CT molecular complexity index is 1120. The first kappa shape index (κ1) is 21.5. The van der Waals surface area contributed by atoms with Crippen molar-refractivity contribution in [3.63, 3.8) is 0 Å². The van der Waals surface area contributed by atoms with Gasteiger partial charge in [0.1, 0.15) is 0 Å². The van der Waals surface area contributed by atoms with Gasteiger partial charge in [-0.3, -0.25) is 10.1 Å². The van der Waals surface area contributed by atoms with E-state index in [-0.39, 0.29) is 42.4 Å². The monoisotopic (exact) mass is 440 g/mol. The molecule has 30 heavy (non-hydrogen) atoms. The topological polar surface area (TPSA) is 108 Å². The van der Waals surface area contributed by atoms with Crippen molar-refractivity contribution in [3.05, 3.63) is 63.7 Å². The highest BCUT2D eigenvalue weighted by Gasteiger charge is 2.35. The average molecular weight is 440 g/mol. The molecule has 0 atom stereocenters. The van der Waals surface area contributed by atoms with Crippen molar-refractivity contribution in [1.82, 2.24) is 4.31 Å². The molecule has 1 saturated heterocycles. The van der Waals surface area contributed by atoms with Gasteiger partial charge in [-0.15, -0.1) is 0 Å². The van der Waals surface area contributed by atoms with Gasteiger partial charge in [0.05, 0.1) is 27.0 Å². The van der Waals surface area contributed by atoms with Gasteiger partial charge in [0.25, 0.3) is 5.69 Å². The summed E-state index contributed by atoms with van der Waals surface area (Å²) >= 11 is 0. The number of benzene rings is 2. The van der Waals surface area contributed by atoms with E-state index >= 15 is 0 Å². The maximum absolute atomic E-state index is 13.2. The fourth-order valence-electron chi connectivity index (χ4n) is 3.15. The summed E-state index contributed by atoms with van der Waals surface area (Å²) in [7, 11) is -3.99. The van der Waals surface area contributed by atoms with Gasteiger partial charge in [-0.05, 0) is 24.3 Å². The Morgan fingerprint density at radius 1 is 1.07 bits per heavy atom. The molecule has 1 heterocycles. The minimum Gasteiger partial charge on any atom is -0.369 e.